The monoisotopic (exact) mass is 420 g/mol. The summed E-state index contributed by atoms with van der Waals surface area (Å²) in [5, 5.41) is 78.8. The minimum Gasteiger partial charge on any atom is -0.396 e. The quantitative estimate of drug-likeness (QED) is 0.151. The van der Waals surface area contributed by atoms with Crippen LogP contribution in [0.4, 0.5) is 0 Å². The summed E-state index contributed by atoms with van der Waals surface area (Å²) in [6.45, 7) is -0.586. The van der Waals surface area contributed by atoms with Gasteiger partial charge in [-0.25, -0.2) is 0 Å². The largest absolute Gasteiger partial charge is 0.396 e. The number of ether oxygens (including phenoxy) is 1. The third-order valence-electron chi connectivity index (χ3n) is 4.95. The molecular weight excluding hydrogens is 388 g/mol. The van der Waals surface area contributed by atoms with Crippen LogP contribution in [0.2, 0.25) is 0 Å². The number of aliphatic hydroxyl groups excluding tert-OH is 6. The normalized spacial score (nSPS) is 19.2. The Labute approximate surface area is 168 Å². The van der Waals surface area contributed by atoms with Gasteiger partial charge < -0.3 is 45.6 Å². The van der Waals surface area contributed by atoms with Gasteiger partial charge in [0.05, 0.1) is 49.6 Å². The van der Waals surface area contributed by atoms with Crippen molar-refractivity contribution in [2.75, 3.05) is 33.0 Å². The molecule has 8 N–H and O–H groups in total. The van der Waals surface area contributed by atoms with Gasteiger partial charge in [0.1, 0.15) is 17.3 Å². The minimum atomic E-state index is -2.19. The van der Waals surface area contributed by atoms with E-state index in [0.29, 0.717) is 5.69 Å². The van der Waals surface area contributed by atoms with E-state index in [9.17, 15) is 35.7 Å². The average Bonchev–Trinajstić information content (AvgIpc) is 2.69. The maximum Gasteiger partial charge on any atom is 0.141 e. The molecule has 0 aliphatic heterocycles. The van der Waals surface area contributed by atoms with Gasteiger partial charge in [0.2, 0.25) is 0 Å². The number of aromatic nitrogens is 2. The van der Waals surface area contributed by atoms with Gasteiger partial charge in [-0.2, -0.15) is 0 Å². The Balaban J connectivity index is 3.09. The van der Waals surface area contributed by atoms with E-state index < -0.39 is 49.3 Å². The highest BCUT2D eigenvalue weighted by Gasteiger charge is 2.54. The van der Waals surface area contributed by atoms with Gasteiger partial charge in [0.25, 0.3) is 0 Å². The molecular formula is C18H32N2O9. The van der Waals surface area contributed by atoms with Crippen LogP contribution in [0.1, 0.15) is 31.2 Å². The Morgan fingerprint density at radius 1 is 0.966 bits per heavy atom. The van der Waals surface area contributed by atoms with Gasteiger partial charge >= 0.3 is 0 Å². The molecule has 5 atom stereocenters. The molecule has 11 nitrogen and oxygen atoms in total. The lowest BCUT2D eigenvalue weighted by Gasteiger charge is -2.44. The van der Waals surface area contributed by atoms with Gasteiger partial charge in [-0.05, 0) is 6.92 Å². The standard InChI is InChI=1S/C18H32N2O9/c1-12(25)17(27,2-4-21)18(28,3-5-22)16-10-19-13(9-20-16)8-14(26)15(11-24)29-7-6-23/h9-10,12,14-15,21-28H,2-8,11H2,1H3/t12-,14-,15-,17-,18?/m0/s1. The van der Waals surface area contributed by atoms with Crippen LogP contribution in [0, 0.1) is 0 Å². The Kier molecular flexibility index (Phi) is 10.5. The van der Waals surface area contributed by atoms with E-state index in [4.69, 9.17) is 9.84 Å². The van der Waals surface area contributed by atoms with Crippen molar-refractivity contribution >= 4 is 0 Å². The molecule has 0 spiro atoms. The highest BCUT2D eigenvalue weighted by molar-refractivity contribution is 5.19. The number of rotatable bonds is 14. The van der Waals surface area contributed by atoms with Crippen LogP contribution in [0.5, 0.6) is 0 Å². The summed E-state index contributed by atoms with van der Waals surface area (Å²) >= 11 is 0. The van der Waals surface area contributed by atoms with Crippen LogP contribution in [0.25, 0.3) is 0 Å². The first-order valence-electron chi connectivity index (χ1n) is 9.37. The predicted octanol–water partition coefficient (Wildman–Crippen LogP) is -3.19. The van der Waals surface area contributed by atoms with Gasteiger partial charge in [-0.3, -0.25) is 9.97 Å². The first kappa shape index (κ1) is 25.8. The lowest BCUT2D eigenvalue weighted by Crippen LogP contribution is -2.59. The summed E-state index contributed by atoms with van der Waals surface area (Å²) < 4.78 is 5.13. The molecule has 0 aromatic carbocycles. The third kappa shape index (κ3) is 6.10. The van der Waals surface area contributed by atoms with Crippen LogP contribution in [-0.4, -0.2) is 108 Å². The number of hydrogen-bond acceptors (Lipinski definition) is 11. The number of hydrogen-bond donors (Lipinski definition) is 8. The highest BCUT2D eigenvalue weighted by atomic mass is 16.5. The molecule has 0 aliphatic carbocycles. The second kappa shape index (κ2) is 11.8. The third-order valence-corrected chi connectivity index (χ3v) is 4.95. The van der Waals surface area contributed by atoms with E-state index in [2.05, 4.69) is 9.97 Å². The zero-order valence-electron chi connectivity index (χ0n) is 16.4. The van der Waals surface area contributed by atoms with Crippen molar-refractivity contribution in [2.45, 2.75) is 55.7 Å². The van der Waals surface area contributed by atoms with E-state index in [-0.39, 0.29) is 38.2 Å². The molecule has 0 bridgehead atoms. The maximum atomic E-state index is 11.1. The van der Waals surface area contributed by atoms with Gasteiger partial charge in [-0.15, -0.1) is 0 Å². The van der Waals surface area contributed by atoms with Crippen molar-refractivity contribution in [3.05, 3.63) is 23.8 Å². The van der Waals surface area contributed by atoms with Crippen molar-refractivity contribution in [1.29, 1.82) is 0 Å². The number of aliphatic hydroxyl groups is 8. The molecule has 11 heteroatoms. The molecule has 1 heterocycles. The molecule has 0 amide bonds. The second-order valence-corrected chi connectivity index (χ2v) is 6.89. The molecule has 0 aliphatic rings. The van der Waals surface area contributed by atoms with Gasteiger partial charge in [0, 0.05) is 38.7 Å². The van der Waals surface area contributed by atoms with Crippen LogP contribution in [-0.2, 0) is 16.8 Å². The minimum absolute atomic E-state index is 0.0420. The zero-order valence-corrected chi connectivity index (χ0v) is 16.4. The molecule has 0 radical (unpaired) electrons. The van der Waals surface area contributed by atoms with Crippen LogP contribution >= 0.6 is 0 Å². The van der Waals surface area contributed by atoms with E-state index in [1.807, 2.05) is 0 Å². The fraction of sp³-hybridized carbons (Fsp3) is 0.778. The second-order valence-electron chi connectivity index (χ2n) is 6.89. The Bertz CT molecular complexity index is 589. The Hall–Kier alpha value is -1.28. The van der Waals surface area contributed by atoms with E-state index >= 15 is 0 Å². The van der Waals surface area contributed by atoms with Crippen LogP contribution in [0.15, 0.2) is 12.4 Å². The summed E-state index contributed by atoms with van der Waals surface area (Å²) in [6.07, 6.45) is -1.92. The number of nitrogens with zero attached hydrogens (tertiary/aromatic N) is 2. The zero-order chi connectivity index (χ0) is 22.1. The smallest absolute Gasteiger partial charge is 0.141 e. The molecule has 0 fully saturated rings. The van der Waals surface area contributed by atoms with Crippen molar-refractivity contribution < 1.29 is 45.6 Å². The molecule has 1 unspecified atom stereocenters. The first-order chi connectivity index (χ1) is 13.7. The van der Waals surface area contributed by atoms with E-state index in [1.165, 1.54) is 13.1 Å². The van der Waals surface area contributed by atoms with Crippen molar-refractivity contribution in [1.82, 2.24) is 9.97 Å². The Morgan fingerprint density at radius 3 is 2.07 bits per heavy atom. The molecule has 29 heavy (non-hydrogen) atoms. The molecule has 1 aromatic rings. The molecule has 0 saturated carbocycles. The van der Waals surface area contributed by atoms with E-state index in [1.54, 1.807) is 0 Å². The van der Waals surface area contributed by atoms with Gasteiger partial charge in [0.15, 0.2) is 0 Å². The predicted molar refractivity (Wildman–Crippen MR) is 99.6 cm³/mol. The van der Waals surface area contributed by atoms with Gasteiger partial charge in [-0.1, -0.05) is 0 Å². The highest BCUT2D eigenvalue weighted by Crippen LogP contribution is 2.39. The average molecular weight is 420 g/mol. The summed E-state index contributed by atoms with van der Waals surface area (Å²) in [5.41, 5.74) is -4.22. The molecule has 1 rings (SSSR count). The summed E-state index contributed by atoms with van der Waals surface area (Å²) in [4.78, 5) is 8.16. The summed E-state index contributed by atoms with van der Waals surface area (Å²) in [7, 11) is 0. The topological polar surface area (TPSA) is 197 Å². The maximum absolute atomic E-state index is 11.1. The van der Waals surface area contributed by atoms with E-state index in [0.717, 1.165) is 6.20 Å². The first-order valence-corrected chi connectivity index (χ1v) is 9.37. The van der Waals surface area contributed by atoms with Crippen molar-refractivity contribution in [3.8, 4) is 0 Å². The molecule has 1 aromatic heterocycles. The fourth-order valence-electron chi connectivity index (χ4n) is 3.17. The van der Waals surface area contributed by atoms with Crippen molar-refractivity contribution in [2.24, 2.45) is 0 Å². The van der Waals surface area contributed by atoms with Crippen LogP contribution < -0.4 is 0 Å². The van der Waals surface area contributed by atoms with Crippen LogP contribution in [0.3, 0.4) is 0 Å². The SMILES string of the molecule is C[C@H](O)[C@@](O)(CCO)C(O)(CCO)c1cnc(C[C@H](O)[C@H](CO)OCCO)cn1. The lowest BCUT2D eigenvalue weighted by atomic mass is 9.73. The summed E-state index contributed by atoms with van der Waals surface area (Å²) in [5.74, 6) is 0. The Morgan fingerprint density at radius 2 is 1.62 bits per heavy atom. The fourth-order valence-corrected chi connectivity index (χ4v) is 3.17. The molecule has 0 saturated heterocycles. The molecule has 168 valence electrons. The van der Waals surface area contributed by atoms with Crippen molar-refractivity contribution in [3.63, 3.8) is 0 Å². The summed E-state index contributed by atoms with van der Waals surface area (Å²) in [6, 6.07) is 0. The lowest BCUT2D eigenvalue weighted by molar-refractivity contribution is -0.219.